The predicted octanol–water partition coefficient (Wildman–Crippen LogP) is 2.83. The topological polar surface area (TPSA) is 67.2 Å². The van der Waals surface area contributed by atoms with Gasteiger partial charge in [-0.05, 0) is 55.9 Å². The third-order valence-corrected chi connectivity index (χ3v) is 5.64. The number of aromatic nitrogens is 2. The molecule has 3 atom stereocenters. The Kier molecular flexibility index (Phi) is 4.79. The third-order valence-electron chi connectivity index (χ3n) is 5.64. The molecule has 4 rings (SSSR count). The van der Waals surface area contributed by atoms with E-state index >= 15 is 0 Å². The summed E-state index contributed by atoms with van der Waals surface area (Å²) in [5.41, 5.74) is 3.11. The number of hydrogen-bond donors (Lipinski definition) is 1. The number of amides is 2. The smallest absolute Gasteiger partial charge is 0.250 e. The molecule has 0 saturated heterocycles. The second-order valence-electron chi connectivity index (χ2n) is 7.99. The van der Waals surface area contributed by atoms with E-state index < -0.39 is 0 Å². The predicted molar refractivity (Wildman–Crippen MR) is 108 cm³/mol. The van der Waals surface area contributed by atoms with Crippen LogP contribution in [0.25, 0.3) is 0 Å². The first-order valence-electron chi connectivity index (χ1n) is 9.84. The summed E-state index contributed by atoms with van der Waals surface area (Å²) in [7, 11) is 0. The van der Waals surface area contributed by atoms with E-state index in [0.29, 0.717) is 12.6 Å². The highest BCUT2D eigenvalue weighted by atomic mass is 16.2. The Labute approximate surface area is 165 Å². The molecule has 1 fully saturated rings. The Bertz CT molecular complexity index is 917. The summed E-state index contributed by atoms with van der Waals surface area (Å²) in [5, 5.41) is 7.55. The summed E-state index contributed by atoms with van der Waals surface area (Å²) in [6.45, 7) is 8.25. The summed E-state index contributed by atoms with van der Waals surface area (Å²) < 4.78 is 1.93. The molecule has 1 aliphatic carbocycles. The van der Waals surface area contributed by atoms with Crippen molar-refractivity contribution in [3.05, 3.63) is 60.4 Å². The highest BCUT2D eigenvalue weighted by Crippen LogP contribution is 2.47. The molecule has 146 valence electrons. The van der Waals surface area contributed by atoms with Gasteiger partial charge in [-0.15, -0.1) is 0 Å². The van der Waals surface area contributed by atoms with Crippen LogP contribution in [-0.2, 0) is 16.0 Å². The van der Waals surface area contributed by atoms with E-state index in [0.717, 1.165) is 29.7 Å². The molecule has 28 heavy (non-hydrogen) atoms. The van der Waals surface area contributed by atoms with Crippen LogP contribution in [-0.4, -0.2) is 34.2 Å². The SMILES string of the molecule is C=CC(=O)N1CC(NC(=O)C2CC2c2cnn(C(C)C)c2)Cc2ccccc21. The fraction of sp³-hybridized carbons (Fsp3) is 0.409. The van der Waals surface area contributed by atoms with Crippen LogP contribution < -0.4 is 10.2 Å². The van der Waals surface area contributed by atoms with E-state index in [1.165, 1.54) is 6.08 Å². The number of nitrogens with one attached hydrogen (secondary N) is 1. The minimum atomic E-state index is -0.142. The summed E-state index contributed by atoms with van der Waals surface area (Å²) in [6, 6.07) is 8.06. The molecule has 6 heteroatoms. The lowest BCUT2D eigenvalue weighted by Gasteiger charge is -2.34. The van der Waals surface area contributed by atoms with Crippen molar-refractivity contribution in [2.75, 3.05) is 11.4 Å². The molecule has 2 aromatic rings. The molecule has 6 nitrogen and oxygen atoms in total. The van der Waals surface area contributed by atoms with Gasteiger partial charge in [0.25, 0.3) is 0 Å². The summed E-state index contributed by atoms with van der Waals surface area (Å²) in [5.74, 6) is 0.161. The molecule has 2 heterocycles. The maximum absolute atomic E-state index is 12.8. The minimum Gasteiger partial charge on any atom is -0.351 e. The lowest BCUT2D eigenvalue weighted by Crippen LogP contribution is -2.50. The molecule has 1 aromatic heterocycles. The number of para-hydroxylation sites is 1. The number of rotatable bonds is 5. The van der Waals surface area contributed by atoms with Crippen molar-refractivity contribution in [1.29, 1.82) is 0 Å². The molecule has 0 bridgehead atoms. The molecule has 1 aromatic carbocycles. The van der Waals surface area contributed by atoms with Crippen molar-refractivity contribution < 1.29 is 9.59 Å². The van der Waals surface area contributed by atoms with E-state index in [4.69, 9.17) is 0 Å². The van der Waals surface area contributed by atoms with Crippen molar-refractivity contribution in [3.8, 4) is 0 Å². The number of fused-ring (bicyclic) bond motifs is 1. The third kappa shape index (κ3) is 3.46. The van der Waals surface area contributed by atoms with E-state index in [9.17, 15) is 9.59 Å². The lowest BCUT2D eigenvalue weighted by molar-refractivity contribution is -0.123. The Morgan fingerprint density at radius 3 is 2.82 bits per heavy atom. The fourth-order valence-corrected chi connectivity index (χ4v) is 4.00. The van der Waals surface area contributed by atoms with E-state index in [1.54, 1.807) is 4.90 Å². The zero-order valence-electron chi connectivity index (χ0n) is 16.3. The molecular weight excluding hydrogens is 352 g/mol. The van der Waals surface area contributed by atoms with Crippen LogP contribution in [0, 0.1) is 5.92 Å². The van der Waals surface area contributed by atoms with Gasteiger partial charge >= 0.3 is 0 Å². The molecule has 0 radical (unpaired) electrons. The second kappa shape index (κ2) is 7.26. The molecule has 2 aliphatic rings. The lowest BCUT2D eigenvalue weighted by atomic mass is 9.97. The van der Waals surface area contributed by atoms with Crippen LogP contribution >= 0.6 is 0 Å². The number of carbonyl (C=O) groups is 2. The largest absolute Gasteiger partial charge is 0.351 e. The standard InChI is InChI=1S/C22H26N4O2/c1-4-21(27)25-13-17(9-15-7-5-6-8-20(15)25)24-22(28)19-10-18(19)16-11-23-26(12-16)14(2)3/h4-8,11-12,14,17-19H,1,9-10,13H2,2-3H3,(H,24,28). The van der Waals surface area contributed by atoms with Crippen molar-refractivity contribution >= 4 is 17.5 Å². The maximum Gasteiger partial charge on any atom is 0.250 e. The van der Waals surface area contributed by atoms with Gasteiger partial charge in [0.15, 0.2) is 0 Å². The zero-order chi connectivity index (χ0) is 19.8. The number of nitrogens with zero attached hydrogens (tertiary/aromatic N) is 3. The van der Waals surface area contributed by atoms with Crippen molar-refractivity contribution in [1.82, 2.24) is 15.1 Å². The van der Waals surface area contributed by atoms with Gasteiger partial charge in [-0.3, -0.25) is 14.3 Å². The average Bonchev–Trinajstić information content (AvgIpc) is 3.34. The van der Waals surface area contributed by atoms with E-state index in [1.807, 2.05) is 41.3 Å². The van der Waals surface area contributed by atoms with Gasteiger partial charge in [0.05, 0.1) is 12.2 Å². The Morgan fingerprint density at radius 1 is 1.32 bits per heavy atom. The molecule has 1 saturated carbocycles. The number of anilines is 1. The second-order valence-corrected chi connectivity index (χ2v) is 7.99. The number of benzene rings is 1. The summed E-state index contributed by atoms with van der Waals surface area (Å²) in [4.78, 5) is 26.8. The Morgan fingerprint density at radius 2 is 2.11 bits per heavy atom. The van der Waals surface area contributed by atoms with Crippen LogP contribution in [0.15, 0.2) is 49.3 Å². The Balaban J connectivity index is 1.42. The van der Waals surface area contributed by atoms with Crippen LogP contribution in [0.5, 0.6) is 0 Å². The van der Waals surface area contributed by atoms with Crippen LogP contribution in [0.1, 0.15) is 43.4 Å². The molecule has 3 unspecified atom stereocenters. The maximum atomic E-state index is 12.8. The monoisotopic (exact) mass is 378 g/mol. The zero-order valence-corrected chi connectivity index (χ0v) is 16.3. The van der Waals surface area contributed by atoms with Crippen molar-refractivity contribution in [2.45, 2.75) is 44.7 Å². The highest BCUT2D eigenvalue weighted by molar-refractivity contribution is 6.02. The molecule has 0 spiro atoms. The first-order chi connectivity index (χ1) is 13.5. The first-order valence-corrected chi connectivity index (χ1v) is 9.84. The van der Waals surface area contributed by atoms with Gasteiger partial charge in [-0.2, -0.15) is 5.10 Å². The van der Waals surface area contributed by atoms with Gasteiger partial charge in [0, 0.05) is 30.4 Å². The molecule has 1 N–H and O–H groups in total. The van der Waals surface area contributed by atoms with Gasteiger partial charge < -0.3 is 10.2 Å². The van der Waals surface area contributed by atoms with Crippen molar-refractivity contribution in [3.63, 3.8) is 0 Å². The van der Waals surface area contributed by atoms with Gasteiger partial charge in [-0.1, -0.05) is 24.8 Å². The summed E-state index contributed by atoms with van der Waals surface area (Å²) in [6.07, 6.45) is 6.83. The molecular formula is C22H26N4O2. The van der Waals surface area contributed by atoms with Crippen LogP contribution in [0.3, 0.4) is 0 Å². The highest BCUT2D eigenvalue weighted by Gasteiger charge is 2.45. The molecule has 2 amide bonds. The molecule has 1 aliphatic heterocycles. The average molecular weight is 378 g/mol. The van der Waals surface area contributed by atoms with Crippen LogP contribution in [0.2, 0.25) is 0 Å². The van der Waals surface area contributed by atoms with Gasteiger partial charge in [0.2, 0.25) is 11.8 Å². The minimum absolute atomic E-state index is 0.00876. The van der Waals surface area contributed by atoms with E-state index in [2.05, 4.69) is 30.8 Å². The number of carbonyl (C=O) groups excluding carboxylic acids is 2. The summed E-state index contributed by atoms with van der Waals surface area (Å²) >= 11 is 0. The van der Waals surface area contributed by atoms with Gasteiger partial charge in [-0.25, -0.2) is 0 Å². The quantitative estimate of drug-likeness (QED) is 0.814. The fourth-order valence-electron chi connectivity index (χ4n) is 4.00. The van der Waals surface area contributed by atoms with E-state index in [-0.39, 0.29) is 29.7 Å². The van der Waals surface area contributed by atoms with Crippen LogP contribution in [0.4, 0.5) is 5.69 Å². The van der Waals surface area contributed by atoms with Gasteiger partial charge in [0.1, 0.15) is 0 Å². The normalized spacial score (nSPS) is 23.2. The Hall–Kier alpha value is -2.89. The van der Waals surface area contributed by atoms with Crippen molar-refractivity contribution in [2.24, 2.45) is 5.92 Å². The number of hydrogen-bond acceptors (Lipinski definition) is 3. The first kappa shape index (κ1) is 18.5.